The molecule has 0 bridgehead atoms. The van der Waals surface area contributed by atoms with Gasteiger partial charge in [0.25, 0.3) is 0 Å². The Hall–Kier alpha value is -3.00. The van der Waals surface area contributed by atoms with Gasteiger partial charge in [-0.2, -0.15) is 0 Å². The van der Waals surface area contributed by atoms with Crippen LogP contribution in [0.4, 0.5) is 5.82 Å². The minimum atomic E-state index is -0.317. The lowest BCUT2D eigenvalue weighted by molar-refractivity contribution is 0.0531. The van der Waals surface area contributed by atoms with Crippen LogP contribution in [0.1, 0.15) is 39.2 Å². The Kier molecular flexibility index (Phi) is 4.72. The predicted molar refractivity (Wildman–Crippen MR) is 110 cm³/mol. The number of pyridine rings is 1. The van der Waals surface area contributed by atoms with Crippen LogP contribution in [0.25, 0.3) is 15.9 Å². The van der Waals surface area contributed by atoms with Gasteiger partial charge in [-0.25, -0.2) is 19.7 Å². The highest BCUT2D eigenvalue weighted by Crippen LogP contribution is 2.34. The molecule has 8 heteroatoms. The second kappa shape index (κ2) is 7.20. The zero-order valence-corrected chi connectivity index (χ0v) is 17.1. The minimum absolute atomic E-state index is 0.317. The summed E-state index contributed by atoms with van der Waals surface area (Å²) in [5.74, 6) is 1.04. The Balaban J connectivity index is 1.68. The van der Waals surface area contributed by atoms with Gasteiger partial charge in [0.05, 0.1) is 24.2 Å². The summed E-state index contributed by atoms with van der Waals surface area (Å²) in [7, 11) is 0. The van der Waals surface area contributed by atoms with E-state index in [1.165, 1.54) is 16.9 Å². The number of thiophene rings is 1. The molecule has 0 aliphatic carbocycles. The summed E-state index contributed by atoms with van der Waals surface area (Å²) in [6, 6.07) is 4.10. The van der Waals surface area contributed by atoms with E-state index in [1.54, 1.807) is 6.92 Å². The number of aromatic nitrogens is 4. The maximum absolute atomic E-state index is 12.2. The molecule has 0 aromatic carbocycles. The molecule has 1 N–H and O–H groups in total. The van der Waals surface area contributed by atoms with E-state index >= 15 is 0 Å². The van der Waals surface area contributed by atoms with Gasteiger partial charge >= 0.3 is 5.97 Å². The quantitative estimate of drug-likeness (QED) is 0.513. The van der Waals surface area contributed by atoms with Crippen molar-refractivity contribution in [2.24, 2.45) is 0 Å². The summed E-state index contributed by atoms with van der Waals surface area (Å²) in [6.07, 6.45) is 4.00. The van der Waals surface area contributed by atoms with Crippen LogP contribution in [-0.2, 0) is 11.3 Å². The van der Waals surface area contributed by atoms with Gasteiger partial charge in [-0.3, -0.25) is 0 Å². The topological polar surface area (TPSA) is 81.4 Å². The molecule has 28 heavy (non-hydrogen) atoms. The largest absolute Gasteiger partial charge is 0.462 e. The van der Waals surface area contributed by atoms with Crippen molar-refractivity contribution >= 4 is 39.0 Å². The summed E-state index contributed by atoms with van der Waals surface area (Å²) >= 11 is 1.34. The molecule has 4 rings (SSSR count). The molecule has 7 nitrogen and oxygen atoms in total. The van der Waals surface area contributed by atoms with Gasteiger partial charge in [-0.1, -0.05) is 0 Å². The first-order chi connectivity index (χ1) is 13.5. The average Bonchev–Trinajstić information content (AvgIpc) is 3.20. The summed E-state index contributed by atoms with van der Waals surface area (Å²) in [5.41, 5.74) is 3.84. The SMILES string of the molecule is CCOC(=O)c1sc2nc(C)nc(NCc3cn4ccc(C)cc4n3)c2c1C. The number of esters is 1. The maximum Gasteiger partial charge on any atom is 0.348 e. The lowest BCUT2D eigenvalue weighted by Crippen LogP contribution is -2.05. The fourth-order valence-corrected chi connectivity index (χ4v) is 4.28. The van der Waals surface area contributed by atoms with Gasteiger partial charge in [-0.05, 0) is 51.0 Å². The molecule has 0 saturated carbocycles. The molecule has 0 aliphatic heterocycles. The number of nitrogens with one attached hydrogen (secondary N) is 1. The van der Waals surface area contributed by atoms with Gasteiger partial charge in [0.1, 0.15) is 27.0 Å². The Morgan fingerprint density at radius 1 is 1.25 bits per heavy atom. The molecule has 0 amide bonds. The molecule has 0 atom stereocenters. The van der Waals surface area contributed by atoms with E-state index in [1.807, 2.05) is 43.6 Å². The van der Waals surface area contributed by atoms with Gasteiger partial charge in [-0.15, -0.1) is 11.3 Å². The smallest absolute Gasteiger partial charge is 0.348 e. The van der Waals surface area contributed by atoms with E-state index in [0.717, 1.165) is 27.1 Å². The molecule has 0 aliphatic rings. The first-order valence-corrected chi connectivity index (χ1v) is 9.91. The normalized spacial score (nSPS) is 11.3. The molecule has 0 spiro atoms. The molecule has 4 aromatic rings. The zero-order chi connectivity index (χ0) is 19.8. The van der Waals surface area contributed by atoms with E-state index in [4.69, 9.17) is 4.74 Å². The fraction of sp³-hybridized carbons (Fsp3) is 0.300. The average molecular weight is 395 g/mol. The Morgan fingerprint density at radius 3 is 2.86 bits per heavy atom. The number of carbonyl (C=O) groups is 1. The van der Waals surface area contributed by atoms with E-state index in [2.05, 4.69) is 26.3 Å². The molecule has 0 radical (unpaired) electrons. The number of imidazole rings is 1. The fourth-order valence-electron chi connectivity index (χ4n) is 3.16. The predicted octanol–water partition coefficient (Wildman–Crippen LogP) is 4.05. The van der Waals surface area contributed by atoms with Crippen molar-refractivity contribution in [2.45, 2.75) is 34.2 Å². The second-order valence-corrected chi connectivity index (χ2v) is 7.63. The third kappa shape index (κ3) is 3.31. The molecular formula is C20H21N5O2S. The standard InChI is InChI=1S/C20H21N5O2S/c1-5-27-20(26)17-12(3)16-18(22-13(4)23-19(16)28-17)21-9-14-10-25-7-6-11(2)8-15(25)24-14/h6-8,10H,5,9H2,1-4H3,(H,21,22,23). The number of hydrogen-bond acceptors (Lipinski definition) is 7. The van der Waals surface area contributed by atoms with Crippen molar-refractivity contribution in [2.75, 3.05) is 11.9 Å². The molecule has 0 unspecified atom stereocenters. The summed E-state index contributed by atoms with van der Waals surface area (Å²) in [6.45, 7) is 8.47. The Bertz CT molecular complexity index is 1190. The first-order valence-electron chi connectivity index (χ1n) is 9.09. The summed E-state index contributed by atoms with van der Waals surface area (Å²) in [5, 5.41) is 4.23. The second-order valence-electron chi connectivity index (χ2n) is 6.63. The molecule has 0 fully saturated rings. The highest BCUT2D eigenvalue weighted by atomic mass is 32.1. The Morgan fingerprint density at radius 2 is 2.07 bits per heavy atom. The van der Waals surface area contributed by atoms with Crippen LogP contribution in [0.3, 0.4) is 0 Å². The van der Waals surface area contributed by atoms with Gasteiger partial charge in [0.15, 0.2) is 0 Å². The van der Waals surface area contributed by atoms with Crippen molar-refractivity contribution in [1.82, 2.24) is 19.4 Å². The first kappa shape index (κ1) is 18.4. The monoisotopic (exact) mass is 395 g/mol. The number of nitrogens with zero attached hydrogens (tertiary/aromatic N) is 4. The number of carbonyl (C=O) groups excluding carboxylic acids is 1. The van der Waals surface area contributed by atoms with Crippen LogP contribution in [0.2, 0.25) is 0 Å². The number of fused-ring (bicyclic) bond motifs is 2. The van der Waals surface area contributed by atoms with Crippen molar-refractivity contribution in [3.8, 4) is 0 Å². The van der Waals surface area contributed by atoms with E-state index < -0.39 is 0 Å². The van der Waals surface area contributed by atoms with Crippen LogP contribution < -0.4 is 5.32 Å². The highest BCUT2D eigenvalue weighted by molar-refractivity contribution is 7.20. The highest BCUT2D eigenvalue weighted by Gasteiger charge is 2.21. The number of aryl methyl sites for hydroxylation is 3. The van der Waals surface area contributed by atoms with Crippen molar-refractivity contribution in [3.05, 3.63) is 52.0 Å². The minimum Gasteiger partial charge on any atom is -0.462 e. The van der Waals surface area contributed by atoms with E-state index in [-0.39, 0.29) is 5.97 Å². The van der Waals surface area contributed by atoms with Crippen LogP contribution in [0.5, 0.6) is 0 Å². The van der Waals surface area contributed by atoms with Crippen molar-refractivity contribution < 1.29 is 9.53 Å². The van der Waals surface area contributed by atoms with Crippen molar-refractivity contribution in [1.29, 1.82) is 0 Å². The van der Waals surface area contributed by atoms with Crippen LogP contribution in [-0.4, -0.2) is 31.9 Å². The zero-order valence-electron chi connectivity index (χ0n) is 16.2. The van der Waals surface area contributed by atoms with Gasteiger partial charge in [0.2, 0.25) is 0 Å². The van der Waals surface area contributed by atoms with Crippen LogP contribution in [0, 0.1) is 20.8 Å². The van der Waals surface area contributed by atoms with E-state index in [9.17, 15) is 4.79 Å². The summed E-state index contributed by atoms with van der Waals surface area (Å²) in [4.78, 5) is 27.3. The third-order valence-electron chi connectivity index (χ3n) is 4.47. The maximum atomic E-state index is 12.2. The lowest BCUT2D eigenvalue weighted by atomic mass is 10.2. The van der Waals surface area contributed by atoms with Crippen LogP contribution in [0.15, 0.2) is 24.5 Å². The van der Waals surface area contributed by atoms with E-state index in [0.29, 0.717) is 29.7 Å². The third-order valence-corrected chi connectivity index (χ3v) is 5.63. The van der Waals surface area contributed by atoms with Gasteiger partial charge in [0, 0.05) is 12.4 Å². The molecular weight excluding hydrogens is 374 g/mol. The number of hydrogen-bond donors (Lipinski definition) is 1. The van der Waals surface area contributed by atoms with Crippen LogP contribution >= 0.6 is 11.3 Å². The van der Waals surface area contributed by atoms with Crippen molar-refractivity contribution in [3.63, 3.8) is 0 Å². The number of ether oxygens (including phenoxy) is 1. The molecule has 4 heterocycles. The summed E-state index contributed by atoms with van der Waals surface area (Å²) < 4.78 is 7.17. The Labute approximate surface area is 166 Å². The number of rotatable bonds is 5. The van der Waals surface area contributed by atoms with Gasteiger partial charge < -0.3 is 14.5 Å². The lowest BCUT2D eigenvalue weighted by Gasteiger charge is -2.07. The molecule has 0 saturated heterocycles. The molecule has 144 valence electrons. The molecule has 4 aromatic heterocycles. The number of anilines is 1.